The lowest BCUT2D eigenvalue weighted by molar-refractivity contribution is 0.303. The average Bonchev–Trinajstić information content (AvgIpc) is 2.74. The Bertz CT molecular complexity index is 412. The average molecular weight is 254 g/mol. The molecule has 6 heteroatoms. The van der Waals surface area contributed by atoms with Crippen molar-refractivity contribution in [3.05, 3.63) is 17.8 Å². The molecule has 1 rings (SSSR count). The predicted molar refractivity (Wildman–Crippen MR) is 69.5 cm³/mol. The molecular formula is C12H22N4O2. The van der Waals surface area contributed by atoms with Crippen molar-refractivity contribution >= 4 is 5.84 Å². The lowest BCUT2D eigenvalue weighted by Gasteiger charge is -2.23. The second kappa shape index (κ2) is 5.86. The number of nitrogens with one attached hydrogen (secondary N) is 1. The number of oxime groups is 1. The van der Waals surface area contributed by atoms with Crippen molar-refractivity contribution in [2.24, 2.45) is 16.3 Å². The van der Waals surface area contributed by atoms with E-state index in [4.69, 9.17) is 15.4 Å². The van der Waals surface area contributed by atoms with E-state index in [1.807, 2.05) is 27.7 Å². The zero-order valence-corrected chi connectivity index (χ0v) is 11.4. The second-order valence-electron chi connectivity index (χ2n) is 5.10. The van der Waals surface area contributed by atoms with Crippen LogP contribution in [0.1, 0.15) is 44.9 Å². The van der Waals surface area contributed by atoms with Crippen LogP contribution in [0.5, 0.6) is 0 Å². The number of aryl methyl sites for hydroxylation is 1. The molecular weight excluding hydrogens is 232 g/mol. The molecule has 1 unspecified atom stereocenters. The van der Waals surface area contributed by atoms with Crippen molar-refractivity contribution in [3.63, 3.8) is 0 Å². The molecule has 1 aromatic rings. The van der Waals surface area contributed by atoms with Crippen molar-refractivity contribution in [1.82, 2.24) is 10.3 Å². The molecule has 18 heavy (non-hydrogen) atoms. The number of oxazole rings is 1. The lowest BCUT2D eigenvalue weighted by atomic mass is 9.88. The number of rotatable bonds is 6. The zero-order chi connectivity index (χ0) is 13.8. The molecule has 0 aromatic carbocycles. The second-order valence-corrected chi connectivity index (χ2v) is 5.10. The molecule has 102 valence electrons. The maximum atomic E-state index is 8.68. The van der Waals surface area contributed by atoms with Gasteiger partial charge in [0.25, 0.3) is 0 Å². The summed E-state index contributed by atoms with van der Waals surface area (Å²) in [6.07, 6.45) is 2.46. The highest BCUT2D eigenvalue weighted by Gasteiger charge is 2.23. The van der Waals surface area contributed by atoms with E-state index in [-0.39, 0.29) is 17.3 Å². The van der Waals surface area contributed by atoms with E-state index < -0.39 is 0 Å². The van der Waals surface area contributed by atoms with Gasteiger partial charge in [0, 0.05) is 5.41 Å². The fraction of sp³-hybridized carbons (Fsp3) is 0.667. The van der Waals surface area contributed by atoms with Crippen molar-refractivity contribution in [3.8, 4) is 0 Å². The molecule has 6 nitrogen and oxygen atoms in total. The number of nitrogens with two attached hydrogens (primary N) is 1. The molecule has 0 aliphatic carbocycles. The first-order chi connectivity index (χ1) is 8.36. The van der Waals surface area contributed by atoms with Crippen LogP contribution in [-0.2, 0) is 0 Å². The molecule has 4 N–H and O–H groups in total. The van der Waals surface area contributed by atoms with Gasteiger partial charge in [0.1, 0.15) is 11.6 Å². The molecule has 0 bridgehead atoms. The summed E-state index contributed by atoms with van der Waals surface area (Å²) < 4.78 is 5.43. The van der Waals surface area contributed by atoms with Crippen LogP contribution in [0.3, 0.4) is 0 Å². The smallest absolute Gasteiger partial charge is 0.211 e. The Morgan fingerprint density at radius 1 is 1.67 bits per heavy atom. The Kier molecular flexibility index (Phi) is 4.72. The number of hydrogen-bond acceptors (Lipinski definition) is 5. The molecule has 0 radical (unpaired) electrons. The maximum absolute atomic E-state index is 8.68. The van der Waals surface area contributed by atoms with Crippen LogP contribution in [0.25, 0.3) is 0 Å². The predicted octanol–water partition coefficient (Wildman–Crippen LogP) is 1.80. The normalized spacial score (nSPS) is 14.8. The van der Waals surface area contributed by atoms with Crippen LogP contribution < -0.4 is 11.1 Å². The van der Waals surface area contributed by atoms with Crippen LogP contribution in [0.15, 0.2) is 15.8 Å². The van der Waals surface area contributed by atoms with E-state index >= 15 is 0 Å². The summed E-state index contributed by atoms with van der Waals surface area (Å²) in [4.78, 5) is 4.16. The van der Waals surface area contributed by atoms with Crippen LogP contribution in [0, 0.1) is 12.3 Å². The summed E-state index contributed by atoms with van der Waals surface area (Å²) in [7, 11) is 0. The van der Waals surface area contributed by atoms with E-state index in [0.29, 0.717) is 5.89 Å². The molecule has 1 atom stereocenters. The van der Waals surface area contributed by atoms with Gasteiger partial charge in [-0.3, -0.25) is 0 Å². The van der Waals surface area contributed by atoms with Gasteiger partial charge in [-0.1, -0.05) is 19.0 Å². The van der Waals surface area contributed by atoms with Gasteiger partial charge in [-0.2, -0.15) is 0 Å². The highest BCUT2D eigenvalue weighted by molar-refractivity contribution is 5.85. The third-order valence-corrected chi connectivity index (χ3v) is 3.01. The molecule has 0 amide bonds. The number of amidine groups is 1. The Hall–Kier alpha value is -1.56. The van der Waals surface area contributed by atoms with E-state index in [1.165, 1.54) is 0 Å². The SMILES string of the molecule is Cc1cnc(C(C)NCCC(C)(C)/C(N)=N/O)o1. The van der Waals surface area contributed by atoms with E-state index in [9.17, 15) is 0 Å². The molecule has 0 saturated heterocycles. The van der Waals surface area contributed by atoms with Gasteiger partial charge in [-0.25, -0.2) is 4.98 Å². The minimum atomic E-state index is -0.339. The monoisotopic (exact) mass is 254 g/mol. The third kappa shape index (κ3) is 3.73. The largest absolute Gasteiger partial charge is 0.444 e. The lowest BCUT2D eigenvalue weighted by Crippen LogP contribution is -2.35. The molecule has 0 saturated carbocycles. The van der Waals surface area contributed by atoms with Crippen molar-refractivity contribution in [2.45, 2.75) is 40.2 Å². The summed E-state index contributed by atoms with van der Waals surface area (Å²) in [6.45, 7) is 8.45. The van der Waals surface area contributed by atoms with Gasteiger partial charge in [0.2, 0.25) is 5.89 Å². The van der Waals surface area contributed by atoms with Gasteiger partial charge in [0.05, 0.1) is 12.2 Å². The van der Waals surface area contributed by atoms with Crippen LogP contribution in [0.4, 0.5) is 0 Å². The fourth-order valence-corrected chi connectivity index (χ4v) is 1.52. The van der Waals surface area contributed by atoms with Crippen LogP contribution >= 0.6 is 0 Å². The number of aromatic nitrogens is 1. The minimum absolute atomic E-state index is 0.0433. The van der Waals surface area contributed by atoms with Crippen LogP contribution in [0.2, 0.25) is 0 Å². The summed E-state index contributed by atoms with van der Waals surface area (Å²) >= 11 is 0. The molecule has 0 spiro atoms. The van der Waals surface area contributed by atoms with E-state index in [0.717, 1.165) is 18.7 Å². The van der Waals surface area contributed by atoms with Crippen molar-refractivity contribution < 1.29 is 9.62 Å². The zero-order valence-electron chi connectivity index (χ0n) is 11.4. The van der Waals surface area contributed by atoms with E-state index in [1.54, 1.807) is 6.20 Å². The Morgan fingerprint density at radius 2 is 2.33 bits per heavy atom. The molecule has 0 aliphatic heterocycles. The first kappa shape index (κ1) is 14.5. The summed E-state index contributed by atoms with van der Waals surface area (Å²) in [5.74, 6) is 1.72. The van der Waals surface area contributed by atoms with Gasteiger partial charge in [-0.15, -0.1) is 0 Å². The first-order valence-corrected chi connectivity index (χ1v) is 6.00. The van der Waals surface area contributed by atoms with E-state index in [2.05, 4.69) is 15.5 Å². The quantitative estimate of drug-likeness (QED) is 0.311. The summed E-state index contributed by atoms with van der Waals surface area (Å²) in [5, 5.41) is 15.0. The Balaban J connectivity index is 2.42. The van der Waals surface area contributed by atoms with Gasteiger partial charge in [0.15, 0.2) is 0 Å². The number of hydrogen-bond donors (Lipinski definition) is 3. The topological polar surface area (TPSA) is 96.7 Å². The molecule has 0 fully saturated rings. The third-order valence-electron chi connectivity index (χ3n) is 3.01. The van der Waals surface area contributed by atoms with Crippen LogP contribution in [-0.4, -0.2) is 22.6 Å². The fourth-order valence-electron chi connectivity index (χ4n) is 1.52. The molecule has 1 heterocycles. The minimum Gasteiger partial charge on any atom is -0.444 e. The van der Waals surface area contributed by atoms with Crippen molar-refractivity contribution in [2.75, 3.05) is 6.54 Å². The molecule has 1 aromatic heterocycles. The summed E-state index contributed by atoms with van der Waals surface area (Å²) in [5.41, 5.74) is 5.28. The Labute approximate surface area is 107 Å². The van der Waals surface area contributed by atoms with Gasteiger partial charge < -0.3 is 20.7 Å². The van der Waals surface area contributed by atoms with Crippen molar-refractivity contribution in [1.29, 1.82) is 0 Å². The molecule has 0 aliphatic rings. The van der Waals surface area contributed by atoms with Gasteiger partial charge in [-0.05, 0) is 26.8 Å². The highest BCUT2D eigenvalue weighted by Crippen LogP contribution is 2.20. The summed E-state index contributed by atoms with van der Waals surface area (Å²) in [6, 6.07) is 0.0433. The van der Waals surface area contributed by atoms with Gasteiger partial charge >= 0.3 is 0 Å². The Morgan fingerprint density at radius 3 is 2.83 bits per heavy atom. The standard InChI is InChI=1S/C12H22N4O2/c1-8-7-15-10(18-8)9(2)14-6-5-12(3,4)11(13)16-17/h7,9,14,17H,5-6H2,1-4H3,(H2,13,16). The highest BCUT2D eigenvalue weighted by atomic mass is 16.4. The first-order valence-electron chi connectivity index (χ1n) is 6.00. The number of nitrogens with zero attached hydrogens (tertiary/aromatic N) is 2. The maximum Gasteiger partial charge on any atom is 0.211 e.